The maximum atomic E-state index is 13.3. The molecule has 0 radical (unpaired) electrons. The van der Waals surface area contributed by atoms with E-state index < -0.39 is 11.6 Å². The lowest BCUT2D eigenvalue weighted by atomic mass is 9.97. The molecule has 0 amide bonds. The van der Waals surface area contributed by atoms with Crippen LogP contribution in [0.3, 0.4) is 0 Å². The molecule has 0 aliphatic rings. The number of aliphatic hydroxyl groups is 1. The van der Waals surface area contributed by atoms with Crippen LogP contribution >= 0.6 is 0 Å². The number of hydrogen-bond acceptors (Lipinski definition) is 3. The zero-order valence-electron chi connectivity index (χ0n) is 11.4. The Hall–Kier alpha value is -1.20. The first-order valence-electron chi connectivity index (χ1n) is 6.44. The topological polar surface area (TPSA) is 41.5 Å². The average Bonchev–Trinajstić information content (AvgIpc) is 2.37. The molecule has 0 heterocycles. The summed E-state index contributed by atoms with van der Waals surface area (Å²) >= 11 is 0. The van der Waals surface area contributed by atoms with Gasteiger partial charge in [-0.2, -0.15) is 0 Å². The summed E-state index contributed by atoms with van der Waals surface area (Å²) in [7, 11) is 0. The van der Waals surface area contributed by atoms with Gasteiger partial charge in [0.15, 0.2) is 11.6 Å². The Labute approximate surface area is 112 Å². The van der Waals surface area contributed by atoms with Crippen molar-refractivity contribution in [3.05, 3.63) is 29.8 Å². The normalized spacial score (nSPS) is 14.2. The highest BCUT2D eigenvalue weighted by Crippen LogP contribution is 2.18. The zero-order valence-corrected chi connectivity index (χ0v) is 11.4. The van der Waals surface area contributed by atoms with Crippen molar-refractivity contribution in [2.45, 2.75) is 32.2 Å². The van der Waals surface area contributed by atoms with Crippen molar-refractivity contribution in [2.75, 3.05) is 19.8 Å². The van der Waals surface area contributed by atoms with E-state index in [4.69, 9.17) is 4.74 Å². The second-order valence-electron chi connectivity index (χ2n) is 4.78. The largest absolute Gasteiger partial charge is 0.491 e. The lowest BCUT2D eigenvalue weighted by Gasteiger charge is -2.28. The third kappa shape index (κ3) is 5.12. The third-order valence-corrected chi connectivity index (χ3v) is 2.98. The molecule has 1 aromatic rings. The van der Waals surface area contributed by atoms with Crippen molar-refractivity contribution >= 4 is 0 Å². The molecule has 0 bridgehead atoms. The van der Waals surface area contributed by atoms with Crippen molar-refractivity contribution in [1.29, 1.82) is 0 Å². The predicted octanol–water partition coefficient (Wildman–Crippen LogP) is 2.48. The predicted molar refractivity (Wildman–Crippen MR) is 70.3 cm³/mol. The quantitative estimate of drug-likeness (QED) is 0.715. The van der Waals surface area contributed by atoms with Gasteiger partial charge in [-0.15, -0.1) is 0 Å². The minimum Gasteiger partial charge on any atom is -0.491 e. The van der Waals surface area contributed by atoms with Gasteiger partial charge < -0.3 is 15.2 Å². The number of benzene rings is 1. The van der Waals surface area contributed by atoms with Crippen LogP contribution in [0.4, 0.5) is 8.78 Å². The van der Waals surface area contributed by atoms with Gasteiger partial charge in [0.1, 0.15) is 5.82 Å². The number of halogens is 2. The SMILES string of the molecule is CCNC(C)(CO)CCCOc1ccc(F)cc1F. The fraction of sp³-hybridized carbons (Fsp3) is 0.571. The van der Waals surface area contributed by atoms with Gasteiger partial charge in [-0.05, 0) is 38.4 Å². The van der Waals surface area contributed by atoms with E-state index in [1.54, 1.807) is 0 Å². The molecular weight excluding hydrogens is 252 g/mol. The highest BCUT2D eigenvalue weighted by atomic mass is 19.1. The van der Waals surface area contributed by atoms with Crippen molar-refractivity contribution < 1.29 is 18.6 Å². The summed E-state index contributed by atoms with van der Waals surface area (Å²) in [5.41, 5.74) is -0.348. The smallest absolute Gasteiger partial charge is 0.167 e. The Balaban J connectivity index is 2.38. The van der Waals surface area contributed by atoms with Gasteiger partial charge in [0.05, 0.1) is 13.2 Å². The number of likely N-dealkylation sites (N-methyl/N-ethyl adjacent to an activating group) is 1. The fourth-order valence-corrected chi connectivity index (χ4v) is 1.89. The van der Waals surface area contributed by atoms with E-state index in [-0.39, 0.29) is 17.9 Å². The molecule has 1 aromatic carbocycles. The standard InChI is InChI=1S/C14H21F2NO2/c1-3-17-14(2,10-18)7-4-8-19-13-6-5-11(15)9-12(13)16/h5-6,9,17-18H,3-4,7-8,10H2,1-2H3. The first-order valence-corrected chi connectivity index (χ1v) is 6.44. The maximum absolute atomic E-state index is 13.3. The Morgan fingerprint density at radius 2 is 2.11 bits per heavy atom. The summed E-state index contributed by atoms with van der Waals surface area (Å²) in [6.45, 7) is 5.02. The van der Waals surface area contributed by atoms with Crippen LogP contribution in [0, 0.1) is 11.6 Å². The van der Waals surface area contributed by atoms with Crippen molar-refractivity contribution in [1.82, 2.24) is 5.32 Å². The molecule has 0 spiro atoms. The Kier molecular flexibility index (Phi) is 6.18. The molecule has 1 unspecified atom stereocenters. The van der Waals surface area contributed by atoms with Crippen LogP contribution in [0.1, 0.15) is 26.7 Å². The van der Waals surface area contributed by atoms with E-state index in [0.717, 1.165) is 18.7 Å². The molecule has 0 saturated carbocycles. The fourth-order valence-electron chi connectivity index (χ4n) is 1.89. The molecule has 2 N–H and O–H groups in total. The highest BCUT2D eigenvalue weighted by molar-refractivity contribution is 5.24. The maximum Gasteiger partial charge on any atom is 0.167 e. The number of nitrogens with one attached hydrogen (secondary N) is 1. The van der Waals surface area contributed by atoms with Crippen molar-refractivity contribution in [3.63, 3.8) is 0 Å². The summed E-state index contributed by atoms with van der Waals surface area (Å²) in [6.07, 6.45) is 1.38. The van der Waals surface area contributed by atoms with Gasteiger partial charge in [-0.1, -0.05) is 6.92 Å². The second kappa shape index (κ2) is 7.40. The summed E-state index contributed by atoms with van der Waals surface area (Å²) < 4.78 is 31.2. The number of hydrogen-bond donors (Lipinski definition) is 2. The zero-order chi connectivity index (χ0) is 14.3. The molecule has 0 fully saturated rings. The van der Waals surface area contributed by atoms with E-state index in [1.165, 1.54) is 6.07 Å². The monoisotopic (exact) mass is 273 g/mol. The molecule has 108 valence electrons. The minimum atomic E-state index is -0.698. The van der Waals surface area contributed by atoms with E-state index in [9.17, 15) is 13.9 Å². The molecule has 0 aromatic heterocycles. The highest BCUT2D eigenvalue weighted by Gasteiger charge is 2.21. The van der Waals surface area contributed by atoms with Gasteiger partial charge in [0.25, 0.3) is 0 Å². The molecular formula is C14H21F2NO2. The number of aliphatic hydroxyl groups excluding tert-OH is 1. The lowest BCUT2D eigenvalue weighted by molar-refractivity contribution is 0.157. The first-order chi connectivity index (χ1) is 9.00. The van der Waals surface area contributed by atoms with Crippen LogP contribution in [0.5, 0.6) is 5.75 Å². The number of rotatable bonds is 8. The third-order valence-electron chi connectivity index (χ3n) is 2.98. The molecule has 1 rings (SSSR count). The summed E-state index contributed by atoms with van der Waals surface area (Å²) in [6, 6.07) is 3.24. The van der Waals surface area contributed by atoms with Crippen LogP contribution in [-0.4, -0.2) is 30.4 Å². The van der Waals surface area contributed by atoms with Gasteiger partial charge in [0.2, 0.25) is 0 Å². The average molecular weight is 273 g/mol. The molecule has 3 nitrogen and oxygen atoms in total. The Morgan fingerprint density at radius 1 is 1.37 bits per heavy atom. The first kappa shape index (κ1) is 15.9. The van der Waals surface area contributed by atoms with Crippen LogP contribution < -0.4 is 10.1 Å². The minimum absolute atomic E-state index is 0.0335. The molecule has 0 aliphatic carbocycles. The summed E-state index contributed by atoms with van der Waals surface area (Å²) in [4.78, 5) is 0. The lowest BCUT2D eigenvalue weighted by Crippen LogP contribution is -2.45. The van der Waals surface area contributed by atoms with Gasteiger partial charge in [-0.3, -0.25) is 0 Å². The number of ether oxygens (including phenoxy) is 1. The van der Waals surface area contributed by atoms with Crippen LogP contribution in [-0.2, 0) is 0 Å². The van der Waals surface area contributed by atoms with E-state index in [2.05, 4.69) is 5.32 Å². The second-order valence-corrected chi connectivity index (χ2v) is 4.78. The van der Waals surface area contributed by atoms with Crippen LogP contribution in [0.25, 0.3) is 0 Å². The van der Waals surface area contributed by atoms with Gasteiger partial charge in [-0.25, -0.2) is 8.78 Å². The van der Waals surface area contributed by atoms with Gasteiger partial charge >= 0.3 is 0 Å². The van der Waals surface area contributed by atoms with Crippen molar-refractivity contribution in [2.24, 2.45) is 0 Å². The van der Waals surface area contributed by atoms with Crippen LogP contribution in [0.2, 0.25) is 0 Å². The van der Waals surface area contributed by atoms with Gasteiger partial charge in [0, 0.05) is 11.6 Å². The molecule has 0 aliphatic heterocycles. The van der Waals surface area contributed by atoms with E-state index in [0.29, 0.717) is 19.4 Å². The molecule has 5 heteroatoms. The molecule has 19 heavy (non-hydrogen) atoms. The van der Waals surface area contributed by atoms with Crippen LogP contribution in [0.15, 0.2) is 18.2 Å². The summed E-state index contributed by atoms with van der Waals surface area (Å²) in [5.74, 6) is -1.27. The van der Waals surface area contributed by atoms with Crippen molar-refractivity contribution in [3.8, 4) is 5.75 Å². The van der Waals surface area contributed by atoms with E-state index in [1.807, 2.05) is 13.8 Å². The Morgan fingerprint density at radius 3 is 2.68 bits per heavy atom. The molecule has 1 atom stereocenters. The molecule has 0 saturated heterocycles. The Bertz CT molecular complexity index is 401. The summed E-state index contributed by atoms with van der Waals surface area (Å²) in [5, 5.41) is 12.5. The van der Waals surface area contributed by atoms with E-state index >= 15 is 0 Å².